The van der Waals surface area contributed by atoms with Gasteiger partial charge in [0, 0.05) is 6.04 Å². The van der Waals surface area contributed by atoms with Gasteiger partial charge in [0.05, 0.1) is 16.4 Å². The van der Waals surface area contributed by atoms with Crippen molar-refractivity contribution in [2.75, 3.05) is 11.5 Å². The summed E-state index contributed by atoms with van der Waals surface area (Å²) in [5.41, 5.74) is 0. The molecule has 1 aromatic carbocycles. The molecule has 2 rings (SSSR count). The van der Waals surface area contributed by atoms with E-state index in [1.165, 1.54) is 12.1 Å². The predicted octanol–water partition coefficient (Wildman–Crippen LogP) is 0.152. The molecule has 1 heterocycles. The highest BCUT2D eigenvalue weighted by Gasteiger charge is 2.31. The van der Waals surface area contributed by atoms with Crippen LogP contribution in [0.25, 0.3) is 0 Å². The summed E-state index contributed by atoms with van der Waals surface area (Å²) in [5.74, 6) is -0.0615. The highest BCUT2D eigenvalue weighted by atomic mass is 32.2. The van der Waals surface area contributed by atoms with Crippen LogP contribution in [-0.2, 0) is 19.9 Å². The Morgan fingerprint density at radius 1 is 1.18 bits per heavy atom. The molecule has 1 saturated heterocycles. The third kappa shape index (κ3) is 3.05. The molecule has 1 aromatic rings. The van der Waals surface area contributed by atoms with Gasteiger partial charge in [0.25, 0.3) is 0 Å². The molecule has 0 radical (unpaired) electrons. The molecule has 0 aromatic heterocycles. The number of benzene rings is 1. The number of sulfone groups is 1. The standard InChI is InChI=1S/C10H13NO4S2/c12-16(13)7-6-9(8-16)11-17(14,15)10-4-2-1-3-5-10/h1-5,9,11H,6-8H2/t9-/m1/s1. The molecule has 0 unspecified atom stereocenters. The van der Waals surface area contributed by atoms with Crippen molar-refractivity contribution in [1.82, 2.24) is 4.72 Å². The van der Waals surface area contributed by atoms with Gasteiger partial charge in [-0.1, -0.05) is 18.2 Å². The first kappa shape index (κ1) is 12.5. The Bertz CT molecular complexity index is 592. The van der Waals surface area contributed by atoms with Crippen LogP contribution in [0.15, 0.2) is 35.2 Å². The minimum atomic E-state index is -3.61. The first-order chi connectivity index (χ1) is 7.89. The summed E-state index contributed by atoms with van der Waals surface area (Å²) in [7, 11) is -6.69. The lowest BCUT2D eigenvalue weighted by Gasteiger charge is -2.11. The quantitative estimate of drug-likeness (QED) is 0.851. The smallest absolute Gasteiger partial charge is 0.229 e. The Balaban J connectivity index is 2.15. The molecule has 17 heavy (non-hydrogen) atoms. The SMILES string of the molecule is O=S1(=O)CC[C@@H](NS(=O)(=O)c2ccccc2)C1. The van der Waals surface area contributed by atoms with E-state index in [1.54, 1.807) is 18.2 Å². The van der Waals surface area contributed by atoms with Gasteiger partial charge < -0.3 is 0 Å². The van der Waals surface area contributed by atoms with Crippen molar-refractivity contribution < 1.29 is 16.8 Å². The summed E-state index contributed by atoms with van der Waals surface area (Å²) >= 11 is 0. The van der Waals surface area contributed by atoms with Gasteiger partial charge in [-0.2, -0.15) is 0 Å². The maximum atomic E-state index is 11.9. The van der Waals surface area contributed by atoms with Crippen molar-refractivity contribution in [3.63, 3.8) is 0 Å². The fraction of sp³-hybridized carbons (Fsp3) is 0.400. The van der Waals surface area contributed by atoms with Crippen LogP contribution < -0.4 is 4.72 Å². The van der Waals surface area contributed by atoms with Gasteiger partial charge >= 0.3 is 0 Å². The minimum Gasteiger partial charge on any atom is -0.229 e. The lowest BCUT2D eigenvalue weighted by Crippen LogP contribution is -2.35. The molecular weight excluding hydrogens is 262 g/mol. The second kappa shape index (κ2) is 4.40. The van der Waals surface area contributed by atoms with Crippen LogP contribution in [0.4, 0.5) is 0 Å². The molecule has 0 bridgehead atoms. The monoisotopic (exact) mass is 275 g/mol. The second-order valence-corrected chi connectivity index (χ2v) is 7.98. The van der Waals surface area contributed by atoms with E-state index in [0.29, 0.717) is 6.42 Å². The normalized spacial score (nSPS) is 23.6. The van der Waals surface area contributed by atoms with E-state index in [4.69, 9.17) is 0 Å². The fourth-order valence-corrected chi connectivity index (χ4v) is 4.85. The minimum absolute atomic E-state index is 0.0506. The van der Waals surface area contributed by atoms with E-state index in [-0.39, 0.29) is 16.4 Å². The highest BCUT2D eigenvalue weighted by Crippen LogP contribution is 2.15. The molecule has 1 atom stereocenters. The van der Waals surface area contributed by atoms with Gasteiger partial charge in [-0.05, 0) is 18.6 Å². The number of sulfonamides is 1. The van der Waals surface area contributed by atoms with Crippen LogP contribution in [0.2, 0.25) is 0 Å². The van der Waals surface area contributed by atoms with Crippen molar-refractivity contribution >= 4 is 19.9 Å². The van der Waals surface area contributed by atoms with E-state index in [2.05, 4.69) is 4.72 Å². The molecular formula is C10H13NO4S2. The summed E-state index contributed by atoms with van der Waals surface area (Å²) in [6.45, 7) is 0. The van der Waals surface area contributed by atoms with Crippen molar-refractivity contribution in [2.45, 2.75) is 17.4 Å². The van der Waals surface area contributed by atoms with Crippen molar-refractivity contribution in [3.8, 4) is 0 Å². The molecule has 1 fully saturated rings. The third-order valence-corrected chi connectivity index (χ3v) is 5.91. The molecule has 0 amide bonds. The lowest BCUT2D eigenvalue weighted by molar-refractivity contribution is 0.562. The van der Waals surface area contributed by atoms with Crippen molar-refractivity contribution in [1.29, 1.82) is 0 Å². The van der Waals surface area contributed by atoms with Gasteiger partial charge in [-0.15, -0.1) is 0 Å². The van der Waals surface area contributed by atoms with E-state index in [9.17, 15) is 16.8 Å². The molecule has 7 heteroatoms. The van der Waals surface area contributed by atoms with E-state index >= 15 is 0 Å². The number of hydrogen-bond acceptors (Lipinski definition) is 4. The first-order valence-corrected chi connectivity index (χ1v) is 8.47. The number of nitrogens with one attached hydrogen (secondary N) is 1. The van der Waals surface area contributed by atoms with E-state index in [1.807, 2.05) is 0 Å². The zero-order valence-corrected chi connectivity index (χ0v) is 10.7. The Morgan fingerprint density at radius 3 is 2.35 bits per heavy atom. The predicted molar refractivity (Wildman–Crippen MR) is 63.8 cm³/mol. The molecule has 1 N–H and O–H groups in total. The Kier molecular flexibility index (Phi) is 3.24. The Morgan fingerprint density at radius 2 is 1.82 bits per heavy atom. The van der Waals surface area contributed by atoms with Gasteiger partial charge in [-0.25, -0.2) is 21.6 Å². The summed E-state index contributed by atoms with van der Waals surface area (Å²) < 4.78 is 48.7. The summed E-state index contributed by atoms with van der Waals surface area (Å²) in [6, 6.07) is 7.42. The first-order valence-electron chi connectivity index (χ1n) is 5.17. The molecule has 5 nitrogen and oxygen atoms in total. The molecule has 94 valence electrons. The van der Waals surface area contributed by atoms with Gasteiger partial charge in [0.2, 0.25) is 10.0 Å². The molecule has 1 aliphatic rings. The van der Waals surface area contributed by atoms with Crippen LogP contribution >= 0.6 is 0 Å². The average Bonchev–Trinajstić information content (AvgIpc) is 2.58. The molecule has 0 spiro atoms. The summed E-state index contributed by atoms with van der Waals surface area (Å²) in [4.78, 5) is 0.157. The van der Waals surface area contributed by atoms with Crippen LogP contribution in [0.5, 0.6) is 0 Å². The Hall–Kier alpha value is -0.920. The lowest BCUT2D eigenvalue weighted by atomic mass is 10.3. The van der Waals surface area contributed by atoms with Crippen LogP contribution in [0.1, 0.15) is 6.42 Å². The summed E-state index contributed by atoms with van der Waals surface area (Å²) in [6.07, 6.45) is 0.342. The zero-order chi connectivity index (χ0) is 12.5. The Labute approximate surface area is 101 Å². The molecule has 0 saturated carbocycles. The molecule has 0 aliphatic carbocycles. The third-order valence-electron chi connectivity index (χ3n) is 2.61. The van der Waals surface area contributed by atoms with Gasteiger partial charge in [-0.3, -0.25) is 0 Å². The van der Waals surface area contributed by atoms with Crippen molar-refractivity contribution in [3.05, 3.63) is 30.3 Å². The molecule has 1 aliphatic heterocycles. The van der Waals surface area contributed by atoms with Gasteiger partial charge in [0.15, 0.2) is 9.84 Å². The van der Waals surface area contributed by atoms with Crippen LogP contribution in [0, 0.1) is 0 Å². The zero-order valence-electron chi connectivity index (χ0n) is 9.03. The largest absolute Gasteiger partial charge is 0.240 e. The van der Waals surface area contributed by atoms with E-state index < -0.39 is 25.9 Å². The second-order valence-electron chi connectivity index (χ2n) is 4.03. The van der Waals surface area contributed by atoms with Gasteiger partial charge in [0.1, 0.15) is 0 Å². The fourth-order valence-electron chi connectivity index (χ4n) is 1.78. The average molecular weight is 275 g/mol. The number of rotatable bonds is 3. The topological polar surface area (TPSA) is 80.3 Å². The summed E-state index contributed by atoms with van der Waals surface area (Å²) in [5, 5.41) is 0. The van der Waals surface area contributed by atoms with Crippen molar-refractivity contribution in [2.24, 2.45) is 0 Å². The highest BCUT2D eigenvalue weighted by molar-refractivity contribution is 7.92. The maximum absolute atomic E-state index is 11.9. The van der Waals surface area contributed by atoms with E-state index in [0.717, 1.165) is 0 Å². The maximum Gasteiger partial charge on any atom is 0.240 e. The van der Waals surface area contributed by atoms with Crippen LogP contribution in [0.3, 0.4) is 0 Å². The number of hydrogen-bond donors (Lipinski definition) is 1. The van der Waals surface area contributed by atoms with Crippen LogP contribution in [-0.4, -0.2) is 34.4 Å².